The molecule has 0 radical (unpaired) electrons. The molecule has 162 valence electrons. The van der Waals surface area contributed by atoms with E-state index in [4.69, 9.17) is 13.9 Å². The summed E-state index contributed by atoms with van der Waals surface area (Å²) in [6.07, 6.45) is 1.41. The zero-order valence-electron chi connectivity index (χ0n) is 16.9. The molecule has 4 rings (SSSR count). The molecule has 1 amide bonds. The van der Waals surface area contributed by atoms with Crippen LogP contribution in [0.3, 0.4) is 0 Å². The Labute approximate surface area is 181 Å². The fourth-order valence-corrected chi connectivity index (χ4v) is 4.58. The summed E-state index contributed by atoms with van der Waals surface area (Å²) in [6, 6.07) is 17.6. The Kier molecular flexibility index (Phi) is 6.27. The molecule has 1 aromatic heterocycles. The van der Waals surface area contributed by atoms with E-state index in [0.29, 0.717) is 37.0 Å². The van der Waals surface area contributed by atoms with Crippen molar-refractivity contribution in [2.75, 3.05) is 19.0 Å². The predicted molar refractivity (Wildman–Crippen MR) is 114 cm³/mol. The minimum atomic E-state index is -3.66. The SMILES string of the molecule is O=C(CCS(=O)(=O)c1ccc2c(c1)OCCO2)N(Cc1ccccc1)Cc1ccco1. The highest BCUT2D eigenvalue weighted by Gasteiger charge is 2.23. The number of fused-ring (bicyclic) bond motifs is 1. The van der Waals surface area contributed by atoms with Gasteiger partial charge in [-0.15, -0.1) is 0 Å². The lowest BCUT2D eigenvalue weighted by Crippen LogP contribution is -2.31. The molecule has 0 unspecified atom stereocenters. The van der Waals surface area contributed by atoms with Gasteiger partial charge in [0.1, 0.15) is 19.0 Å². The van der Waals surface area contributed by atoms with Gasteiger partial charge in [-0.3, -0.25) is 4.79 Å². The van der Waals surface area contributed by atoms with Crippen LogP contribution in [0.4, 0.5) is 0 Å². The first-order valence-electron chi connectivity index (χ1n) is 9.98. The Bertz CT molecular complexity index is 1130. The molecule has 0 atom stereocenters. The molecule has 0 saturated carbocycles. The lowest BCUT2D eigenvalue weighted by atomic mass is 10.2. The second-order valence-corrected chi connectivity index (χ2v) is 9.30. The average Bonchev–Trinajstić information content (AvgIpc) is 3.30. The minimum absolute atomic E-state index is 0.116. The Balaban J connectivity index is 1.46. The van der Waals surface area contributed by atoms with Crippen LogP contribution in [0.5, 0.6) is 11.5 Å². The number of rotatable bonds is 8. The fourth-order valence-electron chi connectivity index (χ4n) is 3.34. The highest BCUT2D eigenvalue weighted by atomic mass is 32.2. The van der Waals surface area contributed by atoms with Crippen molar-refractivity contribution in [1.29, 1.82) is 0 Å². The van der Waals surface area contributed by atoms with Crippen molar-refractivity contribution in [2.24, 2.45) is 0 Å². The second kappa shape index (κ2) is 9.26. The molecule has 0 aliphatic carbocycles. The molecular formula is C23H23NO6S. The van der Waals surface area contributed by atoms with E-state index in [0.717, 1.165) is 5.56 Å². The molecule has 0 spiro atoms. The standard InChI is InChI=1S/C23H23NO6S/c25-23(24(17-19-7-4-11-28-19)16-18-5-2-1-3-6-18)10-14-31(26,27)20-8-9-21-22(15-20)30-13-12-29-21/h1-9,11,15H,10,12-14,16-17H2. The van der Waals surface area contributed by atoms with E-state index in [1.807, 2.05) is 30.3 Å². The van der Waals surface area contributed by atoms with Crippen LogP contribution in [0.15, 0.2) is 76.2 Å². The number of carbonyl (C=O) groups excluding carboxylic acids is 1. The summed E-state index contributed by atoms with van der Waals surface area (Å²) in [5.41, 5.74) is 0.956. The van der Waals surface area contributed by atoms with E-state index < -0.39 is 9.84 Å². The number of nitrogens with zero attached hydrogens (tertiary/aromatic N) is 1. The zero-order valence-corrected chi connectivity index (χ0v) is 17.7. The monoisotopic (exact) mass is 441 g/mol. The first-order valence-corrected chi connectivity index (χ1v) is 11.6. The van der Waals surface area contributed by atoms with Crippen LogP contribution in [0.25, 0.3) is 0 Å². The van der Waals surface area contributed by atoms with Crippen LogP contribution >= 0.6 is 0 Å². The smallest absolute Gasteiger partial charge is 0.224 e. The first kappa shape index (κ1) is 21.0. The summed E-state index contributed by atoms with van der Waals surface area (Å²) in [5.74, 6) is 1.01. The van der Waals surface area contributed by atoms with Crippen LogP contribution in [-0.2, 0) is 27.7 Å². The van der Waals surface area contributed by atoms with Gasteiger partial charge in [-0.1, -0.05) is 30.3 Å². The van der Waals surface area contributed by atoms with Crippen LogP contribution in [0.1, 0.15) is 17.7 Å². The van der Waals surface area contributed by atoms with Crippen molar-refractivity contribution in [3.05, 3.63) is 78.3 Å². The van der Waals surface area contributed by atoms with Crippen molar-refractivity contribution >= 4 is 15.7 Å². The van der Waals surface area contributed by atoms with Gasteiger partial charge in [-0.2, -0.15) is 0 Å². The summed E-state index contributed by atoms with van der Waals surface area (Å²) in [5, 5.41) is 0. The molecule has 2 heterocycles. The largest absolute Gasteiger partial charge is 0.486 e. The normalized spacial score (nSPS) is 13.0. The second-order valence-electron chi connectivity index (χ2n) is 7.19. The molecule has 31 heavy (non-hydrogen) atoms. The number of ether oxygens (including phenoxy) is 2. The third kappa shape index (κ3) is 5.27. The highest BCUT2D eigenvalue weighted by molar-refractivity contribution is 7.91. The fraction of sp³-hybridized carbons (Fsp3) is 0.261. The molecule has 7 nitrogen and oxygen atoms in total. The highest BCUT2D eigenvalue weighted by Crippen LogP contribution is 2.32. The summed E-state index contributed by atoms with van der Waals surface area (Å²) in [6.45, 7) is 1.44. The summed E-state index contributed by atoms with van der Waals surface area (Å²) in [4.78, 5) is 14.7. The maximum atomic E-state index is 13.0. The molecule has 1 aliphatic rings. The van der Waals surface area contributed by atoms with Gasteiger partial charge < -0.3 is 18.8 Å². The Morgan fingerprint density at radius 1 is 0.903 bits per heavy atom. The van der Waals surface area contributed by atoms with Crippen LogP contribution in [-0.4, -0.2) is 38.2 Å². The Morgan fingerprint density at radius 2 is 1.68 bits per heavy atom. The molecule has 0 bridgehead atoms. The third-order valence-electron chi connectivity index (χ3n) is 4.95. The van der Waals surface area contributed by atoms with Gasteiger partial charge in [0.15, 0.2) is 21.3 Å². The van der Waals surface area contributed by atoms with Gasteiger partial charge in [0.2, 0.25) is 5.91 Å². The molecule has 8 heteroatoms. The molecular weight excluding hydrogens is 418 g/mol. The van der Waals surface area contributed by atoms with Crippen LogP contribution in [0.2, 0.25) is 0 Å². The number of benzene rings is 2. The lowest BCUT2D eigenvalue weighted by Gasteiger charge is -2.22. The van der Waals surface area contributed by atoms with Gasteiger partial charge in [0.05, 0.1) is 23.5 Å². The number of carbonyl (C=O) groups is 1. The van der Waals surface area contributed by atoms with E-state index >= 15 is 0 Å². The maximum Gasteiger partial charge on any atom is 0.224 e. The Hall–Kier alpha value is -3.26. The van der Waals surface area contributed by atoms with Crippen molar-refractivity contribution < 1.29 is 27.1 Å². The maximum absolute atomic E-state index is 13.0. The Morgan fingerprint density at radius 3 is 2.42 bits per heavy atom. The zero-order chi connectivity index (χ0) is 21.7. The predicted octanol–water partition coefficient (Wildman–Crippen LogP) is 3.44. The number of hydrogen-bond acceptors (Lipinski definition) is 6. The molecule has 0 saturated heterocycles. The quantitative estimate of drug-likeness (QED) is 0.532. The van der Waals surface area contributed by atoms with E-state index in [9.17, 15) is 13.2 Å². The molecule has 1 aliphatic heterocycles. The van der Waals surface area contributed by atoms with Crippen LogP contribution in [0, 0.1) is 0 Å². The summed E-state index contributed by atoms with van der Waals surface area (Å²) < 4.78 is 42.0. The van der Waals surface area contributed by atoms with Gasteiger partial charge in [0, 0.05) is 19.0 Å². The lowest BCUT2D eigenvalue weighted by molar-refractivity contribution is -0.132. The van der Waals surface area contributed by atoms with Gasteiger partial charge in [-0.25, -0.2) is 8.42 Å². The number of sulfone groups is 1. The van der Waals surface area contributed by atoms with Gasteiger partial charge in [0.25, 0.3) is 0 Å². The van der Waals surface area contributed by atoms with Crippen molar-refractivity contribution in [1.82, 2.24) is 4.90 Å². The summed E-state index contributed by atoms with van der Waals surface area (Å²) >= 11 is 0. The van der Waals surface area contributed by atoms with Gasteiger partial charge in [-0.05, 0) is 29.8 Å². The number of furan rings is 1. The topological polar surface area (TPSA) is 86.0 Å². The van der Waals surface area contributed by atoms with Crippen molar-refractivity contribution in [3.8, 4) is 11.5 Å². The first-order chi connectivity index (χ1) is 15.0. The molecule has 2 aromatic carbocycles. The third-order valence-corrected chi connectivity index (χ3v) is 6.67. The average molecular weight is 442 g/mol. The minimum Gasteiger partial charge on any atom is -0.486 e. The summed E-state index contributed by atoms with van der Waals surface area (Å²) in [7, 11) is -3.66. The van der Waals surface area contributed by atoms with Gasteiger partial charge >= 0.3 is 0 Å². The molecule has 3 aromatic rings. The van der Waals surface area contributed by atoms with E-state index in [1.54, 1.807) is 29.4 Å². The van der Waals surface area contributed by atoms with E-state index in [-0.39, 0.29) is 29.5 Å². The number of amides is 1. The van der Waals surface area contributed by atoms with Crippen LogP contribution < -0.4 is 9.47 Å². The molecule has 0 fully saturated rings. The number of hydrogen-bond donors (Lipinski definition) is 0. The van der Waals surface area contributed by atoms with Crippen molar-refractivity contribution in [3.63, 3.8) is 0 Å². The van der Waals surface area contributed by atoms with Crippen molar-refractivity contribution in [2.45, 2.75) is 24.4 Å². The van der Waals surface area contributed by atoms with E-state index in [1.165, 1.54) is 12.1 Å². The van der Waals surface area contributed by atoms with E-state index in [2.05, 4.69) is 0 Å². The molecule has 0 N–H and O–H groups in total.